The van der Waals surface area contributed by atoms with Crippen molar-refractivity contribution >= 4 is 23.2 Å². The molecule has 1 aliphatic heterocycles. The van der Waals surface area contributed by atoms with Gasteiger partial charge in [0.1, 0.15) is 0 Å². The van der Waals surface area contributed by atoms with Crippen molar-refractivity contribution in [1.29, 1.82) is 0 Å². The Kier molecular flexibility index (Phi) is 5.30. The van der Waals surface area contributed by atoms with E-state index in [1.165, 1.54) is 12.1 Å². The lowest BCUT2D eigenvalue weighted by molar-refractivity contribution is -0.163. The molecule has 0 unspecified atom stereocenters. The van der Waals surface area contributed by atoms with E-state index in [0.29, 0.717) is 31.6 Å². The number of carbonyl (C=O) groups is 2. The Labute approximate surface area is 135 Å². The Bertz CT molecular complexity index is 616. The van der Waals surface area contributed by atoms with Crippen molar-refractivity contribution in [3.05, 3.63) is 24.3 Å². The molecule has 0 spiro atoms. The van der Waals surface area contributed by atoms with Crippen LogP contribution in [0.5, 0.6) is 0 Å². The first kappa shape index (κ1) is 18.0. The molecule has 1 fully saturated rings. The average Bonchev–Trinajstić information content (AvgIpc) is 2.55. The molecule has 0 bridgehead atoms. The van der Waals surface area contributed by atoms with E-state index in [1.54, 1.807) is 17.0 Å². The van der Waals surface area contributed by atoms with Gasteiger partial charge in [0, 0.05) is 19.0 Å². The summed E-state index contributed by atoms with van der Waals surface area (Å²) >= 11 is 0. The molecule has 1 aromatic carbocycles. The number of hydrogen-bond donors (Lipinski definition) is 2. The van der Waals surface area contributed by atoms with Crippen LogP contribution in [0.25, 0.3) is 0 Å². The van der Waals surface area contributed by atoms with Crippen molar-refractivity contribution in [1.82, 2.24) is 0 Å². The lowest BCUT2D eigenvalue weighted by atomic mass is 9.96. The van der Waals surface area contributed by atoms with E-state index in [0.717, 1.165) is 0 Å². The Balaban J connectivity index is 2.14. The van der Waals surface area contributed by atoms with Crippen molar-refractivity contribution in [3.63, 3.8) is 0 Å². The van der Waals surface area contributed by atoms with Gasteiger partial charge < -0.3 is 16.0 Å². The minimum atomic E-state index is -4.77. The number of carbonyl (C=O) groups excluding carboxylic acids is 2. The zero-order valence-corrected chi connectivity index (χ0v) is 12.6. The summed E-state index contributed by atoms with van der Waals surface area (Å²) in [5.41, 5.74) is 5.70. The highest BCUT2D eigenvalue weighted by Crippen LogP contribution is 2.32. The molecule has 2 rings (SSSR count). The maximum Gasteiger partial charge on any atom is 0.383 e. The Morgan fingerprint density at radius 3 is 2.33 bits per heavy atom. The second kappa shape index (κ2) is 7.06. The number of nitrogens with one attached hydrogen (secondary N) is 1. The molecule has 24 heavy (non-hydrogen) atoms. The average molecular weight is 347 g/mol. The van der Waals surface area contributed by atoms with Gasteiger partial charge in [-0.1, -0.05) is 12.1 Å². The summed E-state index contributed by atoms with van der Waals surface area (Å²) < 4.78 is 50.8. The lowest BCUT2D eigenvalue weighted by Gasteiger charge is -2.33. The molecule has 0 radical (unpaired) electrons. The molecule has 5 nitrogen and oxygen atoms in total. The summed E-state index contributed by atoms with van der Waals surface area (Å²) in [4.78, 5) is 24.4. The van der Waals surface area contributed by atoms with Gasteiger partial charge in [-0.25, -0.2) is 8.78 Å². The van der Waals surface area contributed by atoms with Crippen LogP contribution in [0, 0.1) is 5.92 Å². The van der Waals surface area contributed by atoms with Crippen molar-refractivity contribution in [2.45, 2.75) is 25.2 Å². The molecule has 0 aromatic heterocycles. The molecule has 1 saturated heterocycles. The fourth-order valence-electron chi connectivity index (χ4n) is 2.56. The van der Waals surface area contributed by atoms with Crippen LogP contribution in [0.3, 0.4) is 0 Å². The van der Waals surface area contributed by atoms with Gasteiger partial charge in [-0.2, -0.15) is 8.78 Å². The monoisotopic (exact) mass is 347 g/mol. The summed E-state index contributed by atoms with van der Waals surface area (Å²) in [5, 5.41) is 1.86. The maximum absolute atomic E-state index is 13.1. The summed E-state index contributed by atoms with van der Waals surface area (Å²) in [6.07, 6.45) is -3.11. The van der Waals surface area contributed by atoms with E-state index in [-0.39, 0.29) is 11.6 Å². The molecule has 2 amide bonds. The predicted octanol–water partition coefficient (Wildman–Crippen LogP) is 2.23. The van der Waals surface area contributed by atoms with Gasteiger partial charge >= 0.3 is 18.3 Å². The van der Waals surface area contributed by atoms with Crippen molar-refractivity contribution < 1.29 is 27.2 Å². The predicted molar refractivity (Wildman–Crippen MR) is 80.2 cm³/mol. The number of benzene rings is 1. The van der Waals surface area contributed by atoms with Gasteiger partial charge in [-0.15, -0.1) is 0 Å². The van der Waals surface area contributed by atoms with E-state index in [1.807, 2.05) is 5.32 Å². The number of hydrogen-bond acceptors (Lipinski definition) is 3. The highest BCUT2D eigenvalue weighted by Gasteiger charge is 2.49. The van der Waals surface area contributed by atoms with Gasteiger partial charge in [0.05, 0.1) is 11.4 Å². The van der Waals surface area contributed by atoms with Gasteiger partial charge in [0.2, 0.25) is 5.91 Å². The number of primary amides is 1. The van der Waals surface area contributed by atoms with Crippen LogP contribution in [0.4, 0.5) is 28.9 Å². The Hall–Kier alpha value is -2.32. The van der Waals surface area contributed by atoms with Gasteiger partial charge in [-0.3, -0.25) is 9.59 Å². The molecule has 132 valence electrons. The van der Waals surface area contributed by atoms with Crippen molar-refractivity contribution in [2.75, 3.05) is 23.3 Å². The van der Waals surface area contributed by atoms with Crippen LogP contribution in [0.1, 0.15) is 12.8 Å². The van der Waals surface area contributed by atoms with Gasteiger partial charge in [0.25, 0.3) is 0 Å². The zero-order valence-electron chi connectivity index (χ0n) is 12.6. The smallest absolute Gasteiger partial charge is 0.370 e. The van der Waals surface area contributed by atoms with Crippen LogP contribution in [0.2, 0.25) is 0 Å². The molecule has 0 aliphatic carbocycles. The summed E-state index contributed by atoms with van der Waals surface area (Å²) in [6.45, 7) is 0.872. The number of anilines is 2. The van der Waals surface area contributed by atoms with E-state index in [2.05, 4.69) is 0 Å². The first-order chi connectivity index (χ1) is 11.2. The lowest BCUT2D eigenvalue weighted by Crippen LogP contribution is -2.42. The van der Waals surface area contributed by atoms with E-state index in [9.17, 15) is 27.2 Å². The largest absolute Gasteiger partial charge is 0.383 e. The second-order valence-electron chi connectivity index (χ2n) is 5.56. The first-order valence-corrected chi connectivity index (χ1v) is 7.34. The maximum atomic E-state index is 13.1. The summed E-state index contributed by atoms with van der Waals surface area (Å²) in [7, 11) is 0. The van der Waals surface area contributed by atoms with Gasteiger partial charge in [0.15, 0.2) is 0 Å². The number of alkyl halides is 4. The van der Waals surface area contributed by atoms with Gasteiger partial charge in [-0.05, 0) is 25.0 Å². The van der Waals surface area contributed by atoms with Crippen LogP contribution in [-0.4, -0.2) is 37.3 Å². The third-order valence-electron chi connectivity index (χ3n) is 3.97. The van der Waals surface area contributed by atoms with E-state index >= 15 is 0 Å². The topological polar surface area (TPSA) is 75.4 Å². The number of para-hydroxylation sites is 2. The second-order valence-corrected chi connectivity index (χ2v) is 5.56. The molecule has 0 saturated carbocycles. The number of halogens is 4. The van der Waals surface area contributed by atoms with Crippen LogP contribution in [0.15, 0.2) is 24.3 Å². The number of piperidine rings is 1. The molecule has 9 heteroatoms. The summed E-state index contributed by atoms with van der Waals surface area (Å²) in [6, 6.07) is 6.07. The van der Waals surface area contributed by atoms with Crippen molar-refractivity contribution in [2.24, 2.45) is 11.7 Å². The molecular formula is C15H17F4N3O2. The Morgan fingerprint density at radius 2 is 1.79 bits per heavy atom. The number of rotatable bonds is 5. The van der Waals surface area contributed by atoms with Crippen LogP contribution in [-0.2, 0) is 9.59 Å². The SMILES string of the molecule is NC(=O)C1CCN(c2ccccc2NC(=O)C(F)(F)C(F)F)CC1. The minimum absolute atomic E-state index is 0.0142. The summed E-state index contributed by atoms with van der Waals surface area (Å²) in [5.74, 6) is -7.48. The quantitative estimate of drug-likeness (QED) is 0.802. The van der Waals surface area contributed by atoms with E-state index < -0.39 is 24.2 Å². The normalized spacial score (nSPS) is 16.3. The molecular weight excluding hydrogens is 330 g/mol. The van der Waals surface area contributed by atoms with Crippen molar-refractivity contribution in [3.8, 4) is 0 Å². The fourth-order valence-corrected chi connectivity index (χ4v) is 2.56. The number of nitrogens with zero attached hydrogens (tertiary/aromatic N) is 1. The third-order valence-corrected chi connectivity index (χ3v) is 3.97. The minimum Gasteiger partial charge on any atom is -0.370 e. The highest BCUT2D eigenvalue weighted by atomic mass is 19.3. The number of nitrogens with two attached hydrogens (primary N) is 1. The first-order valence-electron chi connectivity index (χ1n) is 7.34. The molecule has 1 aromatic rings. The highest BCUT2D eigenvalue weighted by molar-refractivity contribution is 5.99. The van der Waals surface area contributed by atoms with E-state index in [4.69, 9.17) is 5.73 Å². The standard InChI is InChI=1S/C15H17F4N3O2/c16-13(17)15(18,19)14(24)21-10-3-1-2-4-11(10)22-7-5-9(6-8-22)12(20)23/h1-4,9,13H,5-8H2,(H2,20,23)(H,21,24). The third kappa shape index (κ3) is 3.77. The number of amides is 2. The fraction of sp³-hybridized carbons (Fsp3) is 0.467. The van der Waals surface area contributed by atoms with Crippen LogP contribution >= 0.6 is 0 Å². The molecule has 1 aliphatic rings. The molecule has 3 N–H and O–H groups in total. The zero-order chi connectivity index (χ0) is 17.9. The Morgan fingerprint density at radius 1 is 1.21 bits per heavy atom. The molecule has 0 atom stereocenters. The molecule has 1 heterocycles. The van der Waals surface area contributed by atoms with Crippen LogP contribution < -0.4 is 16.0 Å².